The normalized spacial score (nSPS) is 20.0. The van der Waals surface area contributed by atoms with Gasteiger partial charge in [-0.1, -0.05) is 44.2 Å². The number of hydrogen-bond acceptors (Lipinski definition) is 4. The molecule has 2 aromatic carbocycles. The molecule has 0 saturated carbocycles. The molecule has 5 heteroatoms. The number of rotatable bonds is 3. The molecule has 5 nitrogen and oxygen atoms in total. The Labute approximate surface area is 193 Å². The van der Waals surface area contributed by atoms with Crippen LogP contribution in [0.1, 0.15) is 45.1 Å². The number of methoxy groups -OCH3 is 1. The number of carbonyl (C=O) groups is 2. The number of aromatic amines is 1. The summed E-state index contributed by atoms with van der Waals surface area (Å²) in [5.41, 5.74) is 6.88. The number of benzene rings is 2. The van der Waals surface area contributed by atoms with Gasteiger partial charge in [0.25, 0.3) is 0 Å². The Balaban J connectivity index is 1.66. The van der Waals surface area contributed by atoms with E-state index in [1.807, 2.05) is 25.3 Å². The quantitative estimate of drug-likeness (QED) is 0.519. The summed E-state index contributed by atoms with van der Waals surface area (Å²) < 4.78 is 5.15. The molecular weight excluding hydrogens is 412 g/mol. The summed E-state index contributed by atoms with van der Waals surface area (Å²) in [6, 6.07) is 16.5. The zero-order valence-corrected chi connectivity index (χ0v) is 19.4. The van der Waals surface area contributed by atoms with Gasteiger partial charge >= 0.3 is 5.97 Å². The minimum atomic E-state index is -0.451. The van der Waals surface area contributed by atoms with Crippen molar-refractivity contribution in [1.82, 2.24) is 10.3 Å². The fraction of sp³-hybridized carbons (Fsp3) is 0.286. The van der Waals surface area contributed by atoms with Crippen molar-refractivity contribution in [2.45, 2.75) is 39.5 Å². The molecule has 0 bridgehead atoms. The van der Waals surface area contributed by atoms with Gasteiger partial charge in [-0.25, -0.2) is 4.79 Å². The maximum Gasteiger partial charge on any atom is 0.336 e. The summed E-state index contributed by atoms with van der Waals surface area (Å²) in [6.07, 6.45) is 3.15. The zero-order chi connectivity index (χ0) is 23.3. The molecule has 0 spiro atoms. The highest BCUT2D eigenvalue weighted by atomic mass is 16.5. The molecule has 0 radical (unpaired) electrons. The van der Waals surface area contributed by atoms with E-state index in [0.717, 1.165) is 45.4 Å². The third kappa shape index (κ3) is 3.67. The van der Waals surface area contributed by atoms with Crippen LogP contribution in [-0.2, 0) is 14.3 Å². The monoisotopic (exact) mass is 440 g/mol. The number of nitrogens with one attached hydrogen (secondary N) is 2. The summed E-state index contributed by atoms with van der Waals surface area (Å²) in [5.74, 6) is -0.770. The summed E-state index contributed by atoms with van der Waals surface area (Å²) in [6.45, 7) is 6.11. The first-order chi connectivity index (χ1) is 15.8. The van der Waals surface area contributed by atoms with E-state index >= 15 is 0 Å². The lowest BCUT2D eigenvalue weighted by Gasteiger charge is -2.39. The van der Waals surface area contributed by atoms with Crippen LogP contribution in [0.5, 0.6) is 0 Å². The first kappa shape index (κ1) is 21.3. The zero-order valence-electron chi connectivity index (χ0n) is 19.4. The minimum absolute atomic E-state index is 0.0896. The molecule has 0 amide bonds. The Bertz CT molecular complexity index is 1360. The van der Waals surface area contributed by atoms with Gasteiger partial charge in [-0.15, -0.1) is 0 Å². The molecule has 1 aliphatic carbocycles. The van der Waals surface area contributed by atoms with E-state index in [1.54, 1.807) is 0 Å². The Hall–Kier alpha value is -3.60. The highest BCUT2D eigenvalue weighted by Crippen LogP contribution is 2.47. The lowest BCUT2D eigenvalue weighted by Crippen LogP contribution is -2.38. The SMILES string of the molecule is COC(=O)C1=C(C)NC2=C(C(=O)CC(C)(C)C2)C1c1cccc(-c2ccc3[nH]ccc3c2)c1. The number of Topliss-reactive ketones (excluding diaryl/α,β-unsaturated/α-hetero) is 1. The van der Waals surface area contributed by atoms with Crippen LogP contribution in [0, 0.1) is 5.41 Å². The van der Waals surface area contributed by atoms with Crippen molar-refractivity contribution >= 4 is 22.7 Å². The van der Waals surface area contributed by atoms with Gasteiger partial charge in [-0.05, 0) is 59.0 Å². The van der Waals surface area contributed by atoms with E-state index in [0.29, 0.717) is 17.6 Å². The second-order valence-corrected chi connectivity index (χ2v) is 9.83. The number of hydrogen-bond donors (Lipinski definition) is 2. The number of aromatic nitrogens is 1. The van der Waals surface area contributed by atoms with Crippen molar-refractivity contribution < 1.29 is 14.3 Å². The molecule has 2 heterocycles. The van der Waals surface area contributed by atoms with E-state index in [2.05, 4.69) is 60.5 Å². The first-order valence-electron chi connectivity index (χ1n) is 11.3. The van der Waals surface area contributed by atoms with Crippen molar-refractivity contribution in [3.8, 4) is 11.1 Å². The summed E-state index contributed by atoms with van der Waals surface area (Å²) in [4.78, 5) is 29.5. The molecule has 33 heavy (non-hydrogen) atoms. The van der Waals surface area contributed by atoms with Gasteiger partial charge in [0.05, 0.1) is 12.7 Å². The van der Waals surface area contributed by atoms with Crippen LogP contribution in [0.4, 0.5) is 0 Å². The van der Waals surface area contributed by atoms with Crippen LogP contribution < -0.4 is 5.32 Å². The van der Waals surface area contributed by atoms with Crippen LogP contribution in [0.2, 0.25) is 0 Å². The fourth-order valence-electron chi connectivity index (χ4n) is 5.28. The minimum Gasteiger partial charge on any atom is -0.466 e. The van der Waals surface area contributed by atoms with E-state index in [-0.39, 0.29) is 11.2 Å². The summed E-state index contributed by atoms with van der Waals surface area (Å²) >= 11 is 0. The Morgan fingerprint density at radius 1 is 1.06 bits per heavy atom. The van der Waals surface area contributed by atoms with E-state index in [9.17, 15) is 9.59 Å². The van der Waals surface area contributed by atoms with Gasteiger partial charge in [-0.2, -0.15) is 0 Å². The highest BCUT2D eigenvalue weighted by Gasteiger charge is 2.43. The van der Waals surface area contributed by atoms with Crippen LogP contribution in [-0.4, -0.2) is 23.8 Å². The molecular formula is C28H28N2O3. The van der Waals surface area contributed by atoms with Gasteiger partial charge in [-0.3, -0.25) is 4.79 Å². The van der Waals surface area contributed by atoms with Gasteiger partial charge in [0.15, 0.2) is 5.78 Å². The topological polar surface area (TPSA) is 71.2 Å². The Morgan fingerprint density at radius 2 is 1.85 bits per heavy atom. The molecule has 0 fully saturated rings. The van der Waals surface area contributed by atoms with Crippen LogP contribution in [0.3, 0.4) is 0 Å². The van der Waals surface area contributed by atoms with Crippen molar-refractivity contribution in [2.24, 2.45) is 5.41 Å². The smallest absolute Gasteiger partial charge is 0.336 e. The Morgan fingerprint density at radius 3 is 2.64 bits per heavy atom. The number of H-pyrrole nitrogens is 1. The number of fused-ring (bicyclic) bond motifs is 1. The van der Waals surface area contributed by atoms with Crippen molar-refractivity contribution in [3.05, 3.63) is 82.8 Å². The van der Waals surface area contributed by atoms with E-state index < -0.39 is 11.9 Å². The average Bonchev–Trinajstić information content (AvgIpc) is 3.25. The number of carbonyl (C=O) groups excluding carboxylic acids is 2. The largest absolute Gasteiger partial charge is 0.466 e. The molecule has 2 N–H and O–H groups in total. The van der Waals surface area contributed by atoms with Gasteiger partial charge in [0.2, 0.25) is 0 Å². The standard InChI is InChI=1S/C28H28N2O3/c1-16-24(27(32)33-4)25(26-22(30-16)14-28(2,3)15-23(26)31)20-7-5-6-17(13-20)18-8-9-21-19(12-18)10-11-29-21/h5-13,25,29-30H,14-15H2,1-4H3. The molecule has 1 unspecified atom stereocenters. The van der Waals surface area contributed by atoms with Gasteiger partial charge in [0, 0.05) is 41.0 Å². The third-order valence-corrected chi connectivity index (χ3v) is 6.75. The lowest BCUT2D eigenvalue weighted by atomic mass is 9.68. The number of esters is 1. The van der Waals surface area contributed by atoms with Crippen molar-refractivity contribution in [1.29, 1.82) is 0 Å². The number of ketones is 1. The molecule has 2 aliphatic rings. The first-order valence-corrected chi connectivity index (χ1v) is 11.3. The molecule has 1 aromatic heterocycles. The number of ether oxygens (including phenoxy) is 1. The second kappa shape index (κ2) is 7.77. The van der Waals surface area contributed by atoms with Gasteiger partial charge in [0.1, 0.15) is 0 Å². The average molecular weight is 441 g/mol. The molecule has 1 atom stereocenters. The predicted molar refractivity (Wildman–Crippen MR) is 129 cm³/mol. The summed E-state index contributed by atoms with van der Waals surface area (Å²) in [7, 11) is 1.39. The Kier molecular flexibility index (Phi) is 5.00. The number of dihydropyridines is 1. The third-order valence-electron chi connectivity index (χ3n) is 6.75. The molecule has 168 valence electrons. The highest BCUT2D eigenvalue weighted by molar-refractivity contribution is 6.04. The van der Waals surface area contributed by atoms with Gasteiger partial charge < -0.3 is 15.0 Å². The predicted octanol–water partition coefficient (Wildman–Crippen LogP) is 5.61. The molecule has 3 aromatic rings. The lowest BCUT2D eigenvalue weighted by molar-refractivity contribution is -0.136. The maximum atomic E-state index is 13.4. The molecule has 5 rings (SSSR count). The fourth-order valence-corrected chi connectivity index (χ4v) is 5.28. The van der Waals surface area contributed by atoms with E-state index in [1.165, 1.54) is 7.11 Å². The van der Waals surface area contributed by atoms with Crippen LogP contribution in [0.25, 0.3) is 22.0 Å². The van der Waals surface area contributed by atoms with Crippen molar-refractivity contribution in [3.63, 3.8) is 0 Å². The molecule has 1 aliphatic heterocycles. The number of allylic oxidation sites excluding steroid dienone is 3. The van der Waals surface area contributed by atoms with Crippen LogP contribution >= 0.6 is 0 Å². The maximum absolute atomic E-state index is 13.4. The van der Waals surface area contributed by atoms with Crippen molar-refractivity contribution in [2.75, 3.05) is 7.11 Å². The van der Waals surface area contributed by atoms with E-state index in [4.69, 9.17) is 4.74 Å². The second-order valence-electron chi connectivity index (χ2n) is 9.83. The summed E-state index contributed by atoms with van der Waals surface area (Å²) in [5, 5.41) is 4.51. The molecule has 0 saturated heterocycles. The van der Waals surface area contributed by atoms with Crippen LogP contribution in [0.15, 0.2) is 77.3 Å².